The average molecular weight is 296 g/mol. The smallest absolute Gasteiger partial charge is 0.263 e. The van der Waals surface area contributed by atoms with Gasteiger partial charge in [0.25, 0.3) is 5.91 Å². The minimum atomic E-state index is -0.0929. The van der Waals surface area contributed by atoms with Gasteiger partial charge in [0, 0.05) is 16.6 Å². The number of hydrogen-bond donors (Lipinski definition) is 2. The van der Waals surface area contributed by atoms with E-state index in [-0.39, 0.29) is 5.91 Å². The summed E-state index contributed by atoms with van der Waals surface area (Å²) in [4.78, 5) is 12.8. The third kappa shape index (κ3) is 2.90. The number of benzene rings is 2. The zero-order valence-electron chi connectivity index (χ0n) is 11.5. The van der Waals surface area contributed by atoms with Gasteiger partial charge in [0.05, 0.1) is 5.69 Å². The van der Waals surface area contributed by atoms with E-state index in [1.165, 1.54) is 16.9 Å². The molecule has 0 unspecified atom stereocenters. The van der Waals surface area contributed by atoms with E-state index in [0.717, 1.165) is 16.5 Å². The van der Waals surface area contributed by atoms with Crippen molar-refractivity contribution in [3.05, 3.63) is 65.0 Å². The second-order valence-electron chi connectivity index (χ2n) is 4.83. The van der Waals surface area contributed by atoms with Crippen molar-refractivity contribution in [1.29, 1.82) is 0 Å². The number of carbonyl (C=O) groups is 1. The summed E-state index contributed by atoms with van der Waals surface area (Å²) in [6, 6.07) is 17.9. The van der Waals surface area contributed by atoms with Gasteiger partial charge >= 0.3 is 0 Å². The minimum Gasteiger partial charge on any atom is -0.397 e. The molecule has 1 heterocycles. The first kappa shape index (κ1) is 13.6. The molecule has 0 aliphatic carbocycles. The zero-order valence-corrected chi connectivity index (χ0v) is 12.3. The Morgan fingerprint density at radius 3 is 2.52 bits per heavy atom. The van der Waals surface area contributed by atoms with Crippen molar-refractivity contribution in [2.24, 2.45) is 0 Å². The highest BCUT2D eigenvalue weighted by molar-refractivity contribution is 7.21. The van der Waals surface area contributed by atoms with Crippen molar-refractivity contribution >= 4 is 33.0 Å². The summed E-state index contributed by atoms with van der Waals surface area (Å²) >= 11 is 1.44. The number of carbonyl (C=O) groups excluding carboxylic acids is 1. The molecule has 0 bridgehead atoms. The molecule has 0 atom stereocenters. The molecule has 0 saturated heterocycles. The van der Waals surface area contributed by atoms with Gasteiger partial charge in [-0.15, -0.1) is 11.3 Å². The number of rotatable bonds is 4. The maximum atomic E-state index is 12.2. The van der Waals surface area contributed by atoms with Crippen LogP contribution in [-0.2, 0) is 6.42 Å². The van der Waals surface area contributed by atoms with Crippen LogP contribution in [0, 0.1) is 0 Å². The van der Waals surface area contributed by atoms with Crippen LogP contribution in [0.25, 0.3) is 10.1 Å². The van der Waals surface area contributed by atoms with Crippen LogP contribution in [0.3, 0.4) is 0 Å². The highest BCUT2D eigenvalue weighted by Gasteiger charge is 2.15. The molecule has 0 fully saturated rings. The van der Waals surface area contributed by atoms with E-state index < -0.39 is 0 Å². The summed E-state index contributed by atoms with van der Waals surface area (Å²) < 4.78 is 1.04. The lowest BCUT2D eigenvalue weighted by molar-refractivity contribution is 0.0959. The Hall–Kier alpha value is -2.33. The van der Waals surface area contributed by atoms with Gasteiger partial charge in [0.2, 0.25) is 0 Å². The molecule has 1 amide bonds. The fourth-order valence-electron chi connectivity index (χ4n) is 2.28. The summed E-state index contributed by atoms with van der Waals surface area (Å²) in [5.41, 5.74) is 7.86. The van der Waals surface area contributed by atoms with E-state index in [0.29, 0.717) is 17.1 Å². The Morgan fingerprint density at radius 1 is 1.05 bits per heavy atom. The molecule has 4 heteroatoms. The molecule has 0 aliphatic rings. The summed E-state index contributed by atoms with van der Waals surface area (Å²) in [5.74, 6) is -0.0929. The molecular formula is C17H16N2OS. The van der Waals surface area contributed by atoms with Crippen LogP contribution in [0.4, 0.5) is 5.69 Å². The molecule has 1 aromatic heterocycles. The first-order valence-electron chi connectivity index (χ1n) is 6.85. The zero-order chi connectivity index (χ0) is 14.7. The summed E-state index contributed by atoms with van der Waals surface area (Å²) in [6.45, 7) is 0.608. The van der Waals surface area contributed by atoms with Crippen LogP contribution >= 0.6 is 11.3 Å². The summed E-state index contributed by atoms with van der Waals surface area (Å²) in [5, 5.41) is 3.90. The van der Waals surface area contributed by atoms with Gasteiger partial charge in [0.1, 0.15) is 4.88 Å². The Balaban J connectivity index is 1.68. The Bertz CT molecular complexity index is 765. The van der Waals surface area contributed by atoms with E-state index in [2.05, 4.69) is 17.4 Å². The van der Waals surface area contributed by atoms with Crippen LogP contribution in [-0.4, -0.2) is 12.5 Å². The predicted molar refractivity (Wildman–Crippen MR) is 88.7 cm³/mol. The molecule has 0 saturated carbocycles. The molecule has 0 aliphatic heterocycles. The number of nitrogens with one attached hydrogen (secondary N) is 1. The molecule has 3 nitrogen and oxygen atoms in total. The molecule has 3 aromatic rings. The van der Waals surface area contributed by atoms with E-state index in [1.807, 2.05) is 42.5 Å². The van der Waals surface area contributed by atoms with Crippen molar-refractivity contribution in [1.82, 2.24) is 5.32 Å². The number of thiophene rings is 1. The highest BCUT2D eigenvalue weighted by Crippen LogP contribution is 2.33. The van der Waals surface area contributed by atoms with Gasteiger partial charge in [-0.2, -0.15) is 0 Å². The van der Waals surface area contributed by atoms with Crippen molar-refractivity contribution < 1.29 is 4.79 Å². The van der Waals surface area contributed by atoms with Crippen LogP contribution in [0.15, 0.2) is 54.6 Å². The number of nitrogens with two attached hydrogens (primary N) is 1. The first-order chi connectivity index (χ1) is 10.3. The lowest BCUT2D eigenvalue weighted by Gasteiger charge is -2.04. The van der Waals surface area contributed by atoms with Crippen molar-refractivity contribution in [3.8, 4) is 0 Å². The second kappa shape index (κ2) is 5.97. The quantitative estimate of drug-likeness (QED) is 0.774. The monoisotopic (exact) mass is 296 g/mol. The number of anilines is 1. The average Bonchev–Trinajstić information content (AvgIpc) is 2.86. The normalized spacial score (nSPS) is 10.7. The fourth-order valence-corrected chi connectivity index (χ4v) is 3.32. The minimum absolute atomic E-state index is 0.0929. The Morgan fingerprint density at radius 2 is 1.76 bits per heavy atom. The van der Waals surface area contributed by atoms with Gasteiger partial charge in [-0.3, -0.25) is 4.79 Å². The van der Waals surface area contributed by atoms with Crippen LogP contribution in [0.2, 0.25) is 0 Å². The first-order valence-corrected chi connectivity index (χ1v) is 7.66. The van der Waals surface area contributed by atoms with Crippen molar-refractivity contribution in [3.63, 3.8) is 0 Å². The Labute approximate surface area is 127 Å². The highest BCUT2D eigenvalue weighted by atomic mass is 32.1. The lowest BCUT2D eigenvalue weighted by atomic mass is 10.1. The number of nitrogen functional groups attached to an aromatic ring is 1. The molecule has 0 spiro atoms. The summed E-state index contributed by atoms with van der Waals surface area (Å²) in [6.07, 6.45) is 0.817. The molecule has 3 N–H and O–H groups in total. The van der Waals surface area contributed by atoms with Crippen molar-refractivity contribution in [2.75, 3.05) is 12.3 Å². The van der Waals surface area contributed by atoms with Crippen LogP contribution < -0.4 is 11.1 Å². The SMILES string of the molecule is Nc1c(C(=O)NCCc2ccccc2)sc2ccccc12. The van der Waals surface area contributed by atoms with Gasteiger partial charge in [-0.25, -0.2) is 0 Å². The molecule has 21 heavy (non-hydrogen) atoms. The maximum Gasteiger partial charge on any atom is 0.263 e. The van der Waals surface area contributed by atoms with Crippen molar-refractivity contribution in [2.45, 2.75) is 6.42 Å². The maximum absolute atomic E-state index is 12.2. The second-order valence-corrected chi connectivity index (χ2v) is 5.88. The van der Waals surface area contributed by atoms with Gasteiger partial charge in [-0.1, -0.05) is 48.5 Å². The third-order valence-electron chi connectivity index (χ3n) is 3.38. The fraction of sp³-hybridized carbons (Fsp3) is 0.118. The van der Waals surface area contributed by atoms with Crippen LogP contribution in [0.5, 0.6) is 0 Å². The molecule has 3 rings (SSSR count). The molecule has 106 valence electrons. The van der Waals surface area contributed by atoms with Gasteiger partial charge in [-0.05, 0) is 18.1 Å². The summed E-state index contributed by atoms with van der Waals surface area (Å²) in [7, 11) is 0. The number of fused-ring (bicyclic) bond motifs is 1. The molecule has 0 radical (unpaired) electrons. The lowest BCUT2D eigenvalue weighted by Crippen LogP contribution is -2.25. The van der Waals surface area contributed by atoms with E-state index in [1.54, 1.807) is 0 Å². The van der Waals surface area contributed by atoms with E-state index in [9.17, 15) is 4.79 Å². The number of hydrogen-bond acceptors (Lipinski definition) is 3. The van der Waals surface area contributed by atoms with E-state index in [4.69, 9.17) is 5.73 Å². The van der Waals surface area contributed by atoms with Gasteiger partial charge < -0.3 is 11.1 Å². The Kier molecular flexibility index (Phi) is 3.88. The largest absolute Gasteiger partial charge is 0.397 e. The van der Waals surface area contributed by atoms with Gasteiger partial charge in [0.15, 0.2) is 0 Å². The molecule has 2 aromatic carbocycles. The molecular weight excluding hydrogens is 280 g/mol. The number of amides is 1. The standard InChI is InChI=1S/C17H16N2OS/c18-15-13-8-4-5-9-14(13)21-16(15)17(20)19-11-10-12-6-2-1-3-7-12/h1-9H,10-11,18H2,(H,19,20). The third-order valence-corrected chi connectivity index (χ3v) is 4.57. The van der Waals surface area contributed by atoms with E-state index >= 15 is 0 Å². The topological polar surface area (TPSA) is 55.1 Å². The van der Waals surface area contributed by atoms with Crippen LogP contribution in [0.1, 0.15) is 15.2 Å². The predicted octanol–water partition coefficient (Wildman–Crippen LogP) is 3.46.